The second kappa shape index (κ2) is 5.20. The van der Waals surface area contributed by atoms with E-state index in [9.17, 15) is 4.79 Å². The molecule has 1 N–H and O–H groups in total. The number of likely N-dealkylation sites (tertiary alicyclic amines) is 1. The van der Waals surface area contributed by atoms with Crippen LogP contribution >= 0.6 is 0 Å². The summed E-state index contributed by atoms with van der Waals surface area (Å²) in [6, 6.07) is 0. The lowest BCUT2D eigenvalue weighted by atomic mass is 9.58. The fourth-order valence-corrected chi connectivity index (χ4v) is 4.38. The van der Waals surface area contributed by atoms with E-state index in [0.29, 0.717) is 17.8 Å². The minimum Gasteiger partial charge on any atom is -0.481 e. The molecular weight excluding hydrogens is 226 g/mol. The number of nitrogens with zero attached hydrogens (tertiary/aromatic N) is 1. The number of carbonyl (C=O) groups is 1. The minimum absolute atomic E-state index is 0.194. The molecule has 0 radical (unpaired) electrons. The van der Waals surface area contributed by atoms with E-state index in [1.807, 2.05) is 6.92 Å². The summed E-state index contributed by atoms with van der Waals surface area (Å²) in [4.78, 5) is 13.6. The first-order chi connectivity index (χ1) is 8.40. The Balaban J connectivity index is 2.14. The van der Waals surface area contributed by atoms with Gasteiger partial charge in [-0.25, -0.2) is 0 Å². The SMILES string of the molecule is CC(CC1C2CN(C)CC1[C@H](C)C[C@H]2C)C(=O)O. The van der Waals surface area contributed by atoms with E-state index >= 15 is 0 Å². The highest BCUT2D eigenvalue weighted by Crippen LogP contribution is 2.47. The molecule has 1 saturated carbocycles. The summed E-state index contributed by atoms with van der Waals surface area (Å²) in [7, 11) is 2.21. The molecule has 1 aliphatic carbocycles. The quantitative estimate of drug-likeness (QED) is 0.840. The lowest BCUT2D eigenvalue weighted by Crippen LogP contribution is -2.53. The predicted octanol–water partition coefficient (Wildman–Crippen LogP) is 2.57. The van der Waals surface area contributed by atoms with Crippen molar-refractivity contribution >= 4 is 5.97 Å². The van der Waals surface area contributed by atoms with E-state index in [0.717, 1.165) is 31.3 Å². The van der Waals surface area contributed by atoms with Crippen LogP contribution in [0.15, 0.2) is 0 Å². The first kappa shape index (κ1) is 13.9. The fraction of sp³-hybridized carbons (Fsp3) is 0.933. The Labute approximate surface area is 111 Å². The van der Waals surface area contributed by atoms with Crippen molar-refractivity contribution in [3.63, 3.8) is 0 Å². The monoisotopic (exact) mass is 253 g/mol. The highest BCUT2D eigenvalue weighted by Gasteiger charge is 2.45. The zero-order chi connectivity index (χ0) is 13.4. The molecule has 104 valence electrons. The van der Waals surface area contributed by atoms with Gasteiger partial charge in [0.2, 0.25) is 0 Å². The Hall–Kier alpha value is -0.570. The van der Waals surface area contributed by atoms with Crippen molar-refractivity contribution in [2.45, 2.75) is 33.6 Å². The third-order valence-corrected chi connectivity index (χ3v) is 5.40. The number of piperidine rings is 1. The Morgan fingerprint density at radius 1 is 1.28 bits per heavy atom. The average molecular weight is 253 g/mol. The zero-order valence-corrected chi connectivity index (χ0v) is 12.1. The van der Waals surface area contributed by atoms with Gasteiger partial charge in [-0.3, -0.25) is 4.79 Å². The molecule has 0 aromatic heterocycles. The highest BCUT2D eigenvalue weighted by molar-refractivity contribution is 5.69. The fourth-order valence-electron chi connectivity index (χ4n) is 4.38. The van der Waals surface area contributed by atoms with Crippen LogP contribution in [0.25, 0.3) is 0 Å². The van der Waals surface area contributed by atoms with E-state index in [-0.39, 0.29) is 5.92 Å². The number of fused-ring (bicyclic) bond motifs is 2. The van der Waals surface area contributed by atoms with Gasteiger partial charge in [0.25, 0.3) is 0 Å². The smallest absolute Gasteiger partial charge is 0.306 e. The van der Waals surface area contributed by atoms with Crippen molar-refractivity contribution in [2.24, 2.45) is 35.5 Å². The molecule has 0 aromatic carbocycles. The van der Waals surface area contributed by atoms with E-state index in [1.165, 1.54) is 6.42 Å². The molecular formula is C15H27NO2. The maximum absolute atomic E-state index is 11.1. The van der Waals surface area contributed by atoms with E-state index in [1.54, 1.807) is 0 Å². The molecule has 0 amide bonds. The maximum Gasteiger partial charge on any atom is 0.306 e. The van der Waals surface area contributed by atoms with Crippen LogP contribution in [0.2, 0.25) is 0 Å². The van der Waals surface area contributed by atoms with E-state index in [4.69, 9.17) is 5.11 Å². The van der Waals surface area contributed by atoms with Gasteiger partial charge in [0.05, 0.1) is 5.92 Å². The molecule has 1 aliphatic heterocycles. The molecule has 2 rings (SSSR count). The molecule has 18 heavy (non-hydrogen) atoms. The van der Waals surface area contributed by atoms with Crippen LogP contribution in [-0.2, 0) is 4.79 Å². The molecule has 3 nitrogen and oxygen atoms in total. The molecule has 5 atom stereocenters. The van der Waals surface area contributed by atoms with Gasteiger partial charge in [-0.15, -0.1) is 0 Å². The van der Waals surface area contributed by atoms with Crippen molar-refractivity contribution in [1.82, 2.24) is 4.90 Å². The minimum atomic E-state index is -0.632. The topological polar surface area (TPSA) is 40.5 Å². The number of hydrogen-bond donors (Lipinski definition) is 1. The van der Waals surface area contributed by atoms with Crippen molar-refractivity contribution in [3.05, 3.63) is 0 Å². The summed E-state index contributed by atoms with van der Waals surface area (Å²) in [5.41, 5.74) is 0. The normalized spacial score (nSPS) is 42.6. The van der Waals surface area contributed by atoms with Gasteiger partial charge in [0.15, 0.2) is 0 Å². The van der Waals surface area contributed by atoms with Gasteiger partial charge in [0.1, 0.15) is 0 Å². The van der Waals surface area contributed by atoms with Crippen LogP contribution in [0, 0.1) is 35.5 Å². The summed E-state index contributed by atoms with van der Waals surface area (Å²) in [6.45, 7) is 8.89. The van der Waals surface area contributed by atoms with Gasteiger partial charge < -0.3 is 10.0 Å². The Kier molecular flexibility index (Phi) is 4.00. The van der Waals surface area contributed by atoms with Gasteiger partial charge in [0, 0.05) is 13.1 Å². The number of carboxylic acids is 1. The summed E-state index contributed by atoms with van der Waals surface area (Å²) in [6.07, 6.45) is 2.19. The number of hydrogen-bond acceptors (Lipinski definition) is 2. The average Bonchev–Trinajstić information content (AvgIpc) is 2.28. The van der Waals surface area contributed by atoms with Crippen molar-refractivity contribution in [1.29, 1.82) is 0 Å². The van der Waals surface area contributed by atoms with Crippen molar-refractivity contribution in [3.8, 4) is 0 Å². The molecule has 2 bridgehead atoms. The van der Waals surface area contributed by atoms with Crippen molar-refractivity contribution < 1.29 is 9.90 Å². The number of rotatable bonds is 3. The predicted molar refractivity (Wildman–Crippen MR) is 72.3 cm³/mol. The van der Waals surface area contributed by atoms with Gasteiger partial charge >= 0.3 is 5.97 Å². The van der Waals surface area contributed by atoms with Crippen LogP contribution < -0.4 is 0 Å². The van der Waals surface area contributed by atoms with Crippen molar-refractivity contribution in [2.75, 3.05) is 20.1 Å². The summed E-state index contributed by atoms with van der Waals surface area (Å²) >= 11 is 0. The lowest BCUT2D eigenvalue weighted by Gasteiger charge is -2.52. The number of carboxylic acid groups (broad SMARTS) is 1. The third kappa shape index (κ3) is 2.56. The zero-order valence-electron chi connectivity index (χ0n) is 12.1. The van der Waals surface area contributed by atoms with Crippen LogP contribution in [0.5, 0.6) is 0 Å². The standard InChI is InChI=1S/C15H27NO2/c1-9-5-10(2)14-8-16(4)7-13(9)12(14)6-11(3)15(17)18/h9-14H,5-8H2,1-4H3,(H,17,18)/t9-,10-,11?,12?,13?,14?/m1/s1. The molecule has 3 heteroatoms. The number of aliphatic carboxylic acids is 1. The summed E-state index contributed by atoms with van der Waals surface area (Å²) < 4.78 is 0. The molecule has 2 fully saturated rings. The first-order valence-corrected chi connectivity index (χ1v) is 7.31. The Morgan fingerprint density at radius 2 is 1.78 bits per heavy atom. The van der Waals surface area contributed by atoms with Crippen LogP contribution in [0.3, 0.4) is 0 Å². The lowest BCUT2D eigenvalue weighted by molar-refractivity contribution is -0.143. The molecule has 0 aromatic rings. The van der Waals surface area contributed by atoms with Crippen LogP contribution in [-0.4, -0.2) is 36.1 Å². The molecule has 0 spiro atoms. The third-order valence-electron chi connectivity index (χ3n) is 5.40. The van der Waals surface area contributed by atoms with Crippen LogP contribution in [0.1, 0.15) is 33.6 Å². The maximum atomic E-state index is 11.1. The summed E-state index contributed by atoms with van der Waals surface area (Å²) in [5, 5.41) is 9.15. The largest absolute Gasteiger partial charge is 0.481 e. The Bertz CT molecular complexity index is 300. The van der Waals surface area contributed by atoms with Gasteiger partial charge in [-0.1, -0.05) is 20.8 Å². The highest BCUT2D eigenvalue weighted by atomic mass is 16.4. The van der Waals surface area contributed by atoms with E-state index < -0.39 is 5.97 Å². The molecule has 1 heterocycles. The summed E-state index contributed by atoms with van der Waals surface area (Å²) in [5.74, 6) is 2.67. The molecule has 1 saturated heterocycles. The second-order valence-corrected chi connectivity index (χ2v) is 6.88. The van der Waals surface area contributed by atoms with Crippen LogP contribution in [0.4, 0.5) is 0 Å². The van der Waals surface area contributed by atoms with Gasteiger partial charge in [-0.2, -0.15) is 0 Å². The first-order valence-electron chi connectivity index (χ1n) is 7.31. The Morgan fingerprint density at radius 3 is 2.22 bits per heavy atom. The second-order valence-electron chi connectivity index (χ2n) is 6.88. The molecule has 2 aliphatic rings. The molecule has 3 unspecified atom stereocenters. The van der Waals surface area contributed by atoms with Gasteiger partial charge in [-0.05, 0) is 49.5 Å². The van der Waals surface area contributed by atoms with E-state index in [2.05, 4.69) is 25.8 Å².